The fraction of sp³-hybridized carbons (Fsp3) is 0.444. The summed E-state index contributed by atoms with van der Waals surface area (Å²) in [7, 11) is 0. The van der Waals surface area contributed by atoms with E-state index in [1.807, 2.05) is 38.1 Å². The normalized spacial score (nSPS) is 11.6. The summed E-state index contributed by atoms with van der Waals surface area (Å²) in [5, 5.41) is 7.06. The summed E-state index contributed by atoms with van der Waals surface area (Å²) in [6.07, 6.45) is 0. The number of rotatable bonds is 8. The molecule has 136 valence electrons. The fourth-order valence-corrected chi connectivity index (χ4v) is 2.16. The van der Waals surface area contributed by atoms with Gasteiger partial charge in [0.15, 0.2) is 11.7 Å². The molecule has 0 bridgehead atoms. The van der Waals surface area contributed by atoms with Crippen LogP contribution in [0.5, 0.6) is 11.5 Å². The van der Waals surface area contributed by atoms with Crippen LogP contribution in [0.2, 0.25) is 0 Å². The first kappa shape index (κ1) is 18.6. The van der Waals surface area contributed by atoms with Gasteiger partial charge in [0.25, 0.3) is 0 Å². The van der Waals surface area contributed by atoms with E-state index in [0.29, 0.717) is 42.9 Å². The summed E-state index contributed by atoms with van der Waals surface area (Å²) < 4.78 is 16.4. The third kappa shape index (κ3) is 5.41. The highest BCUT2D eigenvalue weighted by Gasteiger charge is 2.09. The van der Waals surface area contributed by atoms with Gasteiger partial charge in [0.1, 0.15) is 18.0 Å². The number of guanidine groups is 1. The third-order valence-corrected chi connectivity index (χ3v) is 3.40. The summed E-state index contributed by atoms with van der Waals surface area (Å²) in [6, 6.07) is 7.43. The Morgan fingerprint density at radius 1 is 1.24 bits per heavy atom. The number of hydrogen-bond acceptors (Lipinski definition) is 5. The molecular weight excluding hydrogens is 320 g/mol. The molecule has 0 amide bonds. The molecule has 0 fully saturated rings. The van der Waals surface area contributed by atoms with Gasteiger partial charge in [-0.15, -0.1) is 0 Å². The van der Waals surface area contributed by atoms with Crippen LogP contribution in [-0.2, 0) is 6.54 Å². The highest BCUT2D eigenvalue weighted by atomic mass is 16.5. The van der Waals surface area contributed by atoms with Crippen molar-refractivity contribution < 1.29 is 14.0 Å². The molecule has 1 aromatic heterocycles. The van der Waals surface area contributed by atoms with Gasteiger partial charge in [-0.05, 0) is 31.9 Å². The summed E-state index contributed by atoms with van der Waals surface area (Å²) in [4.78, 5) is 4.29. The quantitative estimate of drug-likeness (QED) is 0.561. The number of hydrogen-bond donors (Lipinski definition) is 2. The predicted molar refractivity (Wildman–Crippen MR) is 98.3 cm³/mol. The standard InChI is InChI=1S/C18H26N4O3/c1-5-23-13-7-8-17(24-6-2)16(9-13)21-18(19)20-11-14-10-15(12(3)4)22-25-14/h7-10,12H,5-6,11H2,1-4H3,(H3,19,20,21). The first-order valence-electron chi connectivity index (χ1n) is 8.45. The Labute approximate surface area is 148 Å². The largest absolute Gasteiger partial charge is 0.494 e. The number of aromatic nitrogens is 1. The summed E-state index contributed by atoms with van der Waals surface area (Å²) in [6.45, 7) is 9.42. The molecule has 0 saturated carbocycles. The van der Waals surface area contributed by atoms with Crippen molar-refractivity contribution in [2.24, 2.45) is 10.7 Å². The van der Waals surface area contributed by atoms with Crippen LogP contribution in [0.15, 0.2) is 33.8 Å². The topological polar surface area (TPSA) is 94.9 Å². The summed E-state index contributed by atoms with van der Waals surface area (Å²) in [5.41, 5.74) is 7.60. The molecular formula is C18H26N4O3. The zero-order chi connectivity index (χ0) is 18.2. The molecule has 0 unspecified atom stereocenters. The van der Waals surface area contributed by atoms with Crippen LogP contribution in [-0.4, -0.2) is 24.3 Å². The maximum absolute atomic E-state index is 5.99. The van der Waals surface area contributed by atoms with Crippen molar-refractivity contribution >= 4 is 11.6 Å². The lowest BCUT2D eigenvalue weighted by Crippen LogP contribution is -2.23. The lowest BCUT2D eigenvalue weighted by atomic mass is 10.1. The monoisotopic (exact) mass is 346 g/mol. The second kappa shape index (κ2) is 8.96. The average molecular weight is 346 g/mol. The smallest absolute Gasteiger partial charge is 0.193 e. The van der Waals surface area contributed by atoms with Crippen molar-refractivity contribution in [3.63, 3.8) is 0 Å². The van der Waals surface area contributed by atoms with Gasteiger partial charge in [-0.1, -0.05) is 19.0 Å². The van der Waals surface area contributed by atoms with Crippen molar-refractivity contribution in [2.75, 3.05) is 18.5 Å². The van der Waals surface area contributed by atoms with Crippen LogP contribution < -0.4 is 20.5 Å². The average Bonchev–Trinajstić information content (AvgIpc) is 3.05. The molecule has 3 N–H and O–H groups in total. The zero-order valence-corrected chi connectivity index (χ0v) is 15.2. The Balaban J connectivity index is 2.08. The Morgan fingerprint density at radius 2 is 2.00 bits per heavy atom. The SMILES string of the molecule is CCOc1ccc(OCC)c(NC(N)=NCc2cc(C(C)C)no2)c1. The third-order valence-electron chi connectivity index (χ3n) is 3.40. The number of nitrogens with two attached hydrogens (primary N) is 1. The molecule has 0 radical (unpaired) electrons. The molecule has 0 aliphatic carbocycles. The van der Waals surface area contributed by atoms with Gasteiger partial charge in [0, 0.05) is 12.1 Å². The van der Waals surface area contributed by atoms with E-state index < -0.39 is 0 Å². The van der Waals surface area contributed by atoms with Gasteiger partial charge >= 0.3 is 0 Å². The highest BCUT2D eigenvalue weighted by molar-refractivity contribution is 5.93. The number of nitrogens with zero attached hydrogens (tertiary/aromatic N) is 2. The molecule has 0 aliphatic heterocycles. The van der Waals surface area contributed by atoms with E-state index in [9.17, 15) is 0 Å². The van der Waals surface area contributed by atoms with E-state index >= 15 is 0 Å². The minimum absolute atomic E-state index is 0.261. The Morgan fingerprint density at radius 3 is 2.64 bits per heavy atom. The first-order chi connectivity index (χ1) is 12.0. The van der Waals surface area contributed by atoms with Crippen molar-refractivity contribution in [1.29, 1.82) is 0 Å². The Bertz CT molecular complexity index is 710. The molecule has 0 aliphatic rings. The van der Waals surface area contributed by atoms with Crippen LogP contribution in [0, 0.1) is 0 Å². The fourth-order valence-electron chi connectivity index (χ4n) is 2.16. The van der Waals surface area contributed by atoms with Crippen molar-refractivity contribution in [2.45, 2.75) is 40.2 Å². The lowest BCUT2D eigenvalue weighted by Gasteiger charge is -2.13. The van der Waals surface area contributed by atoms with Gasteiger partial charge in [-0.2, -0.15) is 0 Å². The molecule has 0 atom stereocenters. The molecule has 0 spiro atoms. The zero-order valence-electron chi connectivity index (χ0n) is 15.2. The number of anilines is 1. The second-order valence-electron chi connectivity index (χ2n) is 5.72. The molecule has 0 saturated heterocycles. The van der Waals surface area contributed by atoms with E-state index in [0.717, 1.165) is 11.4 Å². The van der Waals surface area contributed by atoms with Crippen LogP contribution in [0.1, 0.15) is 45.1 Å². The van der Waals surface area contributed by atoms with E-state index in [2.05, 4.69) is 29.3 Å². The van der Waals surface area contributed by atoms with E-state index in [1.165, 1.54) is 0 Å². The number of nitrogens with one attached hydrogen (secondary N) is 1. The minimum Gasteiger partial charge on any atom is -0.494 e. The van der Waals surface area contributed by atoms with Gasteiger partial charge in [-0.25, -0.2) is 4.99 Å². The van der Waals surface area contributed by atoms with Crippen molar-refractivity contribution in [1.82, 2.24) is 5.16 Å². The molecule has 7 heteroatoms. The van der Waals surface area contributed by atoms with Crippen LogP contribution in [0.4, 0.5) is 5.69 Å². The molecule has 25 heavy (non-hydrogen) atoms. The van der Waals surface area contributed by atoms with E-state index in [-0.39, 0.29) is 5.96 Å². The maximum atomic E-state index is 5.99. The Hall–Kier alpha value is -2.70. The first-order valence-corrected chi connectivity index (χ1v) is 8.45. The van der Waals surface area contributed by atoms with Gasteiger partial charge < -0.3 is 25.0 Å². The molecule has 1 heterocycles. The lowest BCUT2D eigenvalue weighted by molar-refractivity contribution is 0.332. The molecule has 7 nitrogen and oxygen atoms in total. The van der Waals surface area contributed by atoms with Crippen LogP contribution >= 0.6 is 0 Å². The van der Waals surface area contributed by atoms with Gasteiger partial charge in [0.05, 0.1) is 24.6 Å². The number of ether oxygens (including phenoxy) is 2. The van der Waals surface area contributed by atoms with Crippen LogP contribution in [0.25, 0.3) is 0 Å². The molecule has 2 rings (SSSR count). The molecule has 1 aromatic carbocycles. The predicted octanol–water partition coefficient (Wildman–Crippen LogP) is 3.52. The number of aliphatic imine (C=N–C) groups is 1. The number of benzene rings is 1. The van der Waals surface area contributed by atoms with Gasteiger partial charge in [0.2, 0.25) is 0 Å². The Kier molecular flexibility index (Phi) is 6.68. The summed E-state index contributed by atoms with van der Waals surface area (Å²) in [5.74, 6) is 2.66. The van der Waals surface area contributed by atoms with E-state index in [1.54, 1.807) is 0 Å². The van der Waals surface area contributed by atoms with Crippen molar-refractivity contribution in [3.8, 4) is 11.5 Å². The second-order valence-corrected chi connectivity index (χ2v) is 5.72. The van der Waals surface area contributed by atoms with E-state index in [4.69, 9.17) is 19.7 Å². The highest BCUT2D eigenvalue weighted by Crippen LogP contribution is 2.29. The maximum Gasteiger partial charge on any atom is 0.193 e. The van der Waals surface area contributed by atoms with Gasteiger partial charge in [-0.3, -0.25) is 0 Å². The van der Waals surface area contributed by atoms with Crippen LogP contribution in [0.3, 0.4) is 0 Å². The minimum atomic E-state index is 0.261. The summed E-state index contributed by atoms with van der Waals surface area (Å²) >= 11 is 0. The molecule has 2 aromatic rings. The van der Waals surface area contributed by atoms with Crippen molar-refractivity contribution in [3.05, 3.63) is 35.7 Å².